The summed E-state index contributed by atoms with van der Waals surface area (Å²) in [7, 11) is 0. The maximum absolute atomic E-state index is 5.26. The maximum Gasteiger partial charge on any atom is 0.0639 e. The van der Waals surface area contributed by atoms with E-state index >= 15 is 0 Å². The molecule has 0 heterocycles. The Labute approximate surface area is 264 Å². The van der Waals surface area contributed by atoms with Gasteiger partial charge in [-0.2, -0.15) is 0 Å². The molecule has 41 heavy (non-hydrogen) atoms. The molecule has 2 nitrogen and oxygen atoms in total. The molecule has 0 saturated carbocycles. The molecule has 0 aromatic heterocycles. The van der Waals surface area contributed by atoms with Crippen molar-refractivity contribution in [1.29, 1.82) is 0 Å². The molecule has 0 atom stereocenters. The number of aryl methyl sites for hydroxylation is 4. The Morgan fingerprint density at radius 3 is 1.32 bits per heavy atom. The predicted octanol–water partition coefficient (Wildman–Crippen LogP) is 12.3. The molecule has 0 bridgehead atoms. The second kappa shape index (κ2) is 23.8. The van der Waals surface area contributed by atoms with E-state index in [9.17, 15) is 0 Å². The van der Waals surface area contributed by atoms with Crippen LogP contribution in [0.15, 0.2) is 46.4 Å². The van der Waals surface area contributed by atoms with Crippen molar-refractivity contribution in [3.63, 3.8) is 0 Å². The van der Waals surface area contributed by atoms with E-state index in [0.717, 1.165) is 49.2 Å². The van der Waals surface area contributed by atoms with Crippen molar-refractivity contribution in [3.8, 4) is 0 Å². The van der Waals surface area contributed by atoms with Gasteiger partial charge in [0.1, 0.15) is 0 Å². The van der Waals surface area contributed by atoms with Crippen molar-refractivity contribution >= 4 is 23.3 Å². The molecule has 0 aliphatic heterocycles. The first-order chi connectivity index (χ1) is 19.6. The summed E-state index contributed by atoms with van der Waals surface area (Å²) in [5, 5.41) is 0. The Morgan fingerprint density at radius 2 is 0.878 bits per heavy atom. The summed E-state index contributed by atoms with van der Waals surface area (Å²) in [6.45, 7) is 11.4. The Hall–Kier alpha value is -1.73. The first kappa shape index (κ1) is 37.3. The summed E-state index contributed by atoms with van der Waals surface area (Å²) in [5.74, 6) is 0. The molecule has 0 aliphatic rings. The van der Waals surface area contributed by atoms with E-state index < -0.39 is 0 Å². The van der Waals surface area contributed by atoms with Crippen molar-refractivity contribution in [2.45, 2.75) is 157 Å². The van der Waals surface area contributed by atoms with Crippen LogP contribution in [-0.4, -0.2) is 11.9 Å². The van der Waals surface area contributed by atoms with Gasteiger partial charge in [0.05, 0.1) is 17.1 Å². The van der Waals surface area contributed by atoms with Gasteiger partial charge < -0.3 is 0 Å². The van der Waals surface area contributed by atoms with Crippen LogP contribution < -0.4 is 0 Å². The number of rotatable bonds is 22. The van der Waals surface area contributed by atoms with Crippen LogP contribution in [0.5, 0.6) is 0 Å². The number of nitrogens with zero attached hydrogens (tertiary/aromatic N) is 2. The minimum absolute atomic E-state index is 0. The molecule has 0 unspecified atom stereocenters. The normalized spacial score (nSPS) is 11.8. The monoisotopic (exact) mass is 602 g/mol. The number of hydrogen-bond donors (Lipinski definition) is 0. The zero-order chi connectivity index (χ0) is 28.8. The van der Waals surface area contributed by atoms with Crippen LogP contribution in [-0.2, 0) is 42.2 Å². The fourth-order valence-electron chi connectivity index (χ4n) is 5.28. The smallest absolute Gasteiger partial charge is 0.0639 e. The number of aliphatic imine (C=N–C) groups is 2. The third-order valence-electron chi connectivity index (χ3n) is 7.77. The molecule has 2 aromatic rings. The van der Waals surface area contributed by atoms with Crippen molar-refractivity contribution in [2.24, 2.45) is 9.98 Å². The SMILES string of the molecule is CCCCCCCCC(/C=N/c1cc(CCCC)cc(CCCC)c1)=N\c1cc(CCCC)cc(CCCC)c1.[Ni]. The molecule has 2 aromatic carbocycles. The van der Waals surface area contributed by atoms with Crippen LogP contribution in [0.3, 0.4) is 0 Å². The van der Waals surface area contributed by atoms with Gasteiger partial charge in [0.15, 0.2) is 0 Å². The molecule has 3 heteroatoms. The standard InChI is InChI=1S/C38H60N2.Ni/c1-6-11-16-17-18-19-24-36(40-38-29-34(22-14-9-4)26-35(30-38)23-15-10-5)31-39-37-27-32(20-12-7-2)25-33(28-37)21-13-8-3;/h25-31H,6-24H2,1-5H3;/b39-31+,40-36+;. The fraction of sp³-hybridized carbons (Fsp3) is 0.632. The van der Waals surface area contributed by atoms with Crippen molar-refractivity contribution in [2.75, 3.05) is 0 Å². The van der Waals surface area contributed by atoms with Gasteiger partial charge in [-0.05, 0) is 111 Å². The largest absolute Gasteiger partial charge is 0.255 e. The van der Waals surface area contributed by atoms with Crippen LogP contribution in [0.2, 0.25) is 0 Å². The fourth-order valence-corrected chi connectivity index (χ4v) is 5.28. The Balaban J connectivity index is 0.00000840. The quantitative estimate of drug-likeness (QED) is 0.0727. The third-order valence-corrected chi connectivity index (χ3v) is 7.77. The Morgan fingerprint density at radius 1 is 0.488 bits per heavy atom. The maximum atomic E-state index is 5.26. The van der Waals surface area contributed by atoms with Crippen LogP contribution in [0, 0.1) is 0 Å². The van der Waals surface area contributed by atoms with Gasteiger partial charge in [-0.15, -0.1) is 0 Å². The molecule has 0 spiro atoms. The summed E-state index contributed by atoms with van der Waals surface area (Å²) in [4.78, 5) is 10.3. The molecule has 0 fully saturated rings. The van der Waals surface area contributed by atoms with Gasteiger partial charge in [-0.25, -0.2) is 0 Å². The summed E-state index contributed by atoms with van der Waals surface area (Å²) in [5.41, 5.74) is 9.08. The first-order valence-corrected chi connectivity index (χ1v) is 17.0. The molecule has 2 rings (SSSR count). The van der Waals surface area contributed by atoms with Crippen molar-refractivity contribution in [3.05, 3.63) is 58.7 Å². The molecule has 0 saturated heterocycles. The van der Waals surface area contributed by atoms with Crippen LogP contribution in [0.25, 0.3) is 0 Å². The van der Waals surface area contributed by atoms with Gasteiger partial charge in [0.2, 0.25) is 0 Å². The van der Waals surface area contributed by atoms with Crippen LogP contribution in [0.4, 0.5) is 11.4 Å². The summed E-state index contributed by atoms with van der Waals surface area (Å²) in [6.07, 6.45) is 25.3. The predicted molar refractivity (Wildman–Crippen MR) is 181 cm³/mol. The van der Waals surface area contributed by atoms with E-state index in [4.69, 9.17) is 9.98 Å². The zero-order valence-corrected chi connectivity index (χ0v) is 28.2. The average Bonchev–Trinajstić information content (AvgIpc) is 2.97. The van der Waals surface area contributed by atoms with Crippen LogP contribution >= 0.6 is 0 Å². The van der Waals surface area contributed by atoms with Gasteiger partial charge >= 0.3 is 0 Å². The van der Waals surface area contributed by atoms with Gasteiger partial charge in [0, 0.05) is 22.7 Å². The molecule has 0 aliphatic carbocycles. The van der Waals surface area contributed by atoms with Gasteiger partial charge in [-0.1, -0.05) is 105 Å². The van der Waals surface area contributed by atoms with E-state index in [1.165, 1.54) is 112 Å². The van der Waals surface area contributed by atoms with Crippen molar-refractivity contribution < 1.29 is 16.5 Å². The molecule has 0 radical (unpaired) electrons. The third kappa shape index (κ3) is 16.5. The minimum Gasteiger partial charge on any atom is -0.255 e. The minimum atomic E-state index is 0. The Kier molecular flexibility index (Phi) is 21.6. The number of hydrogen-bond acceptors (Lipinski definition) is 2. The molecular weight excluding hydrogens is 543 g/mol. The zero-order valence-electron chi connectivity index (χ0n) is 27.2. The summed E-state index contributed by atoms with van der Waals surface area (Å²) < 4.78 is 0. The topological polar surface area (TPSA) is 24.7 Å². The van der Waals surface area contributed by atoms with Crippen molar-refractivity contribution in [1.82, 2.24) is 0 Å². The average molecular weight is 604 g/mol. The van der Waals surface area contributed by atoms with Gasteiger partial charge in [0.25, 0.3) is 0 Å². The molecule has 0 N–H and O–H groups in total. The second-order valence-corrected chi connectivity index (χ2v) is 11.8. The molecule has 0 amide bonds. The second-order valence-electron chi connectivity index (χ2n) is 11.8. The van der Waals surface area contributed by atoms with E-state index in [2.05, 4.69) is 77.2 Å². The number of benzene rings is 2. The van der Waals surface area contributed by atoms with Crippen LogP contribution in [0.1, 0.15) is 153 Å². The summed E-state index contributed by atoms with van der Waals surface area (Å²) >= 11 is 0. The first-order valence-electron chi connectivity index (χ1n) is 17.0. The molecular formula is C38H60N2Ni. The van der Waals surface area contributed by atoms with E-state index in [1.54, 1.807) is 0 Å². The van der Waals surface area contributed by atoms with E-state index in [-0.39, 0.29) is 16.5 Å². The summed E-state index contributed by atoms with van der Waals surface area (Å²) in [6, 6.07) is 14.1. The van der Waals surface area contributed by atoms with E-state index in [0.29, 0.717) is 0 Å². The van der Waals surface area contributed by atoms with E-state index in [1.807, 2.05) is 0 Å². The Bertz CT molecular complexity index is 955. The number of unbranched alkanes of at least 4 members (excludes halogenated alkanes) is 9. The molecule has 232 valence electrons. The van der Waals surface area contributed by atoms with Gasteiger partial charge in [-0.3, -0.25) is 9.98 Å².